The van der Waals surface area contributed by atoms with E-state index in [0.29, 0.717) is 16.6 Å². The van der Waals surface area contributed by atoms with Gasteiger partial charge in [0.05, 0.1) is 16.6 Å². The zero-order chi connectivity index (χ0) is 15.1. The predicted octanol–water partition coefficient (Wildman–Crippen LogP) is 2.43. The van der Waals surface area contributed by atoms with Gasteiger partial charge in [-0.1, -0.05) is 42.5 Å². The number of hydrogen-bond acceptors (Lipinski definition) is 3. The van der Waals surface area contributed by atoms with E-state index in [1.54, 1.807) is 6.07 Å². The molecule has 2 heterocycles. The number of pyridine rings is 1. The van der Waals surface area contributed by atoms with E-state index in [9.17, 15) is 9.59 Å². The smallest absolute Gasteiger partial charge is 0.307 e. The highest BCUT2D eigenvalue weighted by atomic mass is 16.2. The largest absolute Gasteiger partial charge is 0.326 e. The summed E-state index contributed by atoms with van der Waals surface area (Å²) in [6.07, 6.45) is 1.49. The van der Waals surface area contributed by atoms with Crippen LogP contribution in [0.5, 0.6) is 0 Å². The molecule has 5 nitrogen and oxygen atoms in total. The predicted molar refractivity (Wildman–Crippen MR) is 85.9 cm³/mol. The van der Waals surface area contributed by atoms with Crippen molar-refractivity contribution in [3.8, 4) is 11.3 Å². The van der Waals surface area contributed by atoms with Gasteiger partial charge in [0, 0.05) is 11.8 Å². The summed E-state index contributed by atoms with van der Waals surface area (Å²) < 4.78 is 0. The molecular formula is C17H11N3O2. The van der Waals surface area contributed by atoms with E-state index in [1.807, 2.05) is 42.5 Å². The Morgan fingerprint density at radius 1 is 0.864 bits per heavy atom. The maximum absolute atomic E-state index is 11.7. The summed E-state index contributed by atoms with van der Waals surface area (Å²) in [6.45, 7) is 0. The number of rotatable bonds is 1. The second-order valence-corrected chi connectivity index (χ2v) is 5.05. The number of nitrogens with zero attached hydrogens (tertiary/aromatic N) is 1. The van der Waals surface area contributed by atoms with Crippen molar-refractivity contribution in [2.45, 2.75) is 0 Å². The quantitative estimate of drug-likeness (QED) is 0.565. The minimum atomic E-state index is -0.521. The highest BCUT2D eigenvalue weighted by Crippen LogP contribution is 2.27. The Morgan fingerprint density at radius 2 is 1.68 bits per heavy atom. The molecule has 0 spiro atoms. The molecule has 0 aliphatic rings. The van der Waals surface area contributed by atoms with Crippen molar-refractivity contribution in [2.24, 2.45) is 0 Å². The molecule has 0 radical (unpaired) electrons. The van der Waals surface area contributed by atoms with Gasteiger partial charge in [-0.15, -0.1) is 0 Å². The van der Waals surface area contributed by atoms with Crippen molar-refractivity contribution in [1.29, 1.82) is 0 Å². The fourth-order valence-electron chi connectivity index (χ4n) is 2.66. The number of nitrogens with one attached hydrogen (secondary N) is 2. The van der Waals surface area contributed by atoms with Crippen LogP contribution in [0.25, 0.3) is 32.9 Å². The summed E-state index contributed by atoms with van der Waals surface area (Å²) >= 11 is 0. The second kappa shape index (κ2) is 4.66. The van der Waals surface area contributed by atoms with Crippen molar-refractivity contribution < 1.29 is 0 Å². The Bertz CT molecular complexity index is 1120. The molecule has 4 aromatic rings. The van der Waals surface area contributed by atoms with Crippen LogP contribution in [0.2, 0.25) is 0 Å². The maximum Gasteiger partial charge on any atom is 0.326 e. The summed E-state index contributed by atoms with van der Waals surface area (Å²) in [5.41, 5.74) is 1.20. The molecule has 0 amide bonds. The van der Waals surface area contributed by atoms with Crippen LogP contribution in [0.4, 0.5) is 0 Å². The molecule has 2 aromatic carbocycles. The Labute approximate surface area is 124 Å². The lowest BCUT2D eigenvalue weighted by Gasteiger charge is -2.06. The summed E-state index contributed by atoms with van der Waals surface area (Å²) in [7, 11) is 0. The summed E-state index contributed by atoms with van der Waals surface area (Å²) in [4.78, 5) is 32.4. The van der Waals surface area contributed by atoms with Gasteiger partial charge >= 0.3 is 5.69 Å². The van der Waals surface area contributed by atoms with Crippen molar-refractivity contribution in [2.75, 3.05) is 0 Å². The van der Waals surface area contributed by atoms with Gasteiger partial charge in [0.2, 0.25) is 0 Å². The average Bonchev–Trinajstić information content (AvgIpc) is 2.53. The van der Waals surface area contributed by atoms with Crippen molar-refractivity contribution in [3.63, 3.8) is 0 Å². The molecule has 0 aliphatic carbocycles. The summed E-state index contributed by atoms with van der Waals surface area (Å²) in [5.74, 6) is 0. The molecule has 0 saturated heterocycles. The van der Waals surface area contributed by atoms with Gasteiger partial charge in [0.15, 0.2) is 0 Å². The van der Waals surface area contributed by atoms with Gasteiger partial charge in [0.1, 0.15) is 0 Å². The van der Waals surface area contributed by atoms with Crippen LogP contribution in [0.15, 0.2) is 64.3 Å². The normalized spacial score (nSPS) is 11.1. The van der Waals surface area contributed by atoms with Crippen LogP contribution < -0.4 is 11.2 Å². The standard InChI is InChI=1S/C17H11N3O2/c21-16-13-9-18-14(8-15(13)19-17(22)20-16)12-7-3-5-10-4-1-2-6-11(10)12/h1-9H,(H2,19,20,21,22). The van der Waals surface area contributed by atoms with Crippen LogP contribution in [0.1, 0.15) is 0 Å². The number of fused-ring (bicyclic) bond motifs is 2. The van der Waals surface area contributed by atoms with Gasteiger partial charge in [-0.2, -0.15) is 0 Å². The topological polar surface area (TPSA) is 78.6 Å². The maximum atomic E-state index is 11.7. The van der Waals surface area contributed by atoms with Gasteiger partial charge < -0.3 is 4.98 Å². The minimum absolute atomic E-state index is 0.364. The summed E-state index contributed by atoms with van der Waals surface area (Å²) in [5, 5.41) is 2.55. The van der Waals surface area contributed by atoms with Gasteiger partial charge in [0.25, 0.3) is 5.56 Å². The van der Waals surface area contributed by atoms with E-state index in [-0.39, 0.29) is 0 Å². The van der Waals surface area contributed by atoms with E-state index in [0.717, 1.165) is 16.3 Å². The van der Waals surface area contributed by atoms with Crippen LogP contribution >= 0.6 is 0 Å². The molecule has 4 rings (SSSR count). The van der Waals surface area contributed by atoms with E-state index in [2.05, 4.69) is 15.0 Å². The first-order chi connectivity index (χ1) is 10.7. The number of aromatic amines is 2. The van der Waals surface area contributed by atoms with E-state index in [4.69, 9.17) is 0 Å². The Hall–Kier alpha value is -3.21. The molecule has 22 heavy (non-hydrogen) atoms. The third-order valence-electron chi connectivity index (χ3n) is 3.69. The average molecular weight is 289 g/mol. The summed E-state index contributed by atoms with van der Waals surface area (Å²) in [6, 6.07) is 15.7. The third kappa shape index (κ3) is 1.91. The zero-order valence-electron chi connectivity index (χ0n) is 11.5. The molecule has 0 saturated carbocycles. The third-order valence-corrected chi connectivity index (χ3v) is 3.69. The monoisotopic (exact) mass is 289 g/mol. The lowest BCUT2D eigenvalue weighted by Crippen LogP contribution is -2.21. The lowest BCUT2D eigenvalue weighted by atomic mass is 10.0. The van der Waals surface area contributed by atoms with Gasteiger partial charge in [-0.05, 0) is 16.8 Å². The van der Waals surface area contributed by atoms with Crippen molar-refractivity contribution in [1.82, 2.24) is 15.0 Å². The molecule has 0 unspecified atom stereocenters. The molecule has 2 aromatic heterocycles. The van der Waals surface area contributed by atoms with E-state index < -0.39 is 11.2 Å². The first-order valence-electron chi connectivity index (χ1n) is 6.83. The minimum Gasteiger partial charge on any atom is -0.307 e. The molecule has 0 bridgehead atoms. The highest BCUT2D eigenvalue weighted by molar-refractivity contribution is 5.97. The van der Waals surface area contributed by atoms with Gasteiger partial charge in [-0.25, -0.2) is 4.79 Å². The Morgan fingerprint density at radius 3 is 2.59 bits per heavy atom. The number of hydrogen-bond donors (Lipinski definition) is 2. The Balaban J connectivity index is 2.05. The second-order valence-electron chi connectivity index (χ2n) is 5.05. The van der Waals surface area contributed by atoms with Crippen LogP contribution in [0.3, 0.4) is 0 Å². The Kier molecular flexibility index (Phi) is 2.66. The lowest BCUT2D eigenvalue weighted by molar-refractivity contribution is 1.08. The van der Waals surface area contributed by atoms with E-state index in [1.165, 1.54) is 6.20 Å². The van der Waals surface area contributed by atoms with Gasteiger partial charge in [-0.3, -0.25) is 14.8 Å². The SMILES string of the molecule is O=c1[nH]c(=O)c2cnc(-c3cccc4ccccc34)cc2[nH]1. The fourth-order valence-corrected chi connectivity index (χ4v) is 2.66. The molecule has 0 atom stereocenters. The molecule has 106 valence electrons. The van der Waals surface area contributed by atoms with Crippen LogP contribution in [-0.4, -0.2) is 15.0 Å². The van der Waals surface area contributed by atoms with E-state index >= 15 is 0 Å². The molecule has 5 heteroatoms. The molecule has 0 aliphatic heterocycles. The number of benzene rings is 2. The first-order valence-corrected chi connectivity index (χ1v) is 6.83. The number of H-pyrrole nitrogens is 2. The van der Waals surface area contributed by atoms with Crippen LogP contribution in [0, 0.1) is 0 Å². The molecule has 0 fully saturated rings. The molecular weight excluding hydrogens is 278 g/mol. The van der Waals surface area contributed by atoms with Crippen molar-refractivity contribution >= 4 is 21.7 Å². The highest BCUT2D eigenvalue weighted by Gasteiger charge is 2.07. The molecule has 2 N–H and O–H groups in total. The zero-order valence-corrected chi connectivity index (χ0v) is 11.5. The number of aromatic nitrogens is 3. The first kappa shape index (κ1) is 12.5. The van der Waals surface area contributed by atoms with Crippen molar-refractivity contribution in [3.05, 3.63) is 75.6 Å². The van der Waals surface area contributed by atoms with Crippen LogP contribution in [-0.2, 0) is 0 Å². The fraction of sp³-hybridized carbons (Fsp3) is 0.